The monoisotopic (exact) mass is 444 g/mol. The van der Waals surface area contributed by atoms with Gasteiger partial charge in [0.05, 0.1) is 11.1 Å². The first-order valence-electron chi connectivity index (χ1n) is 7.88. The molecule has 0 aromatic heterocycles. The SMILES string of the molecule is O=C(COC(=O)c1ccc(C(=O)OCC(=O)NCC(F)(F)F)cc1)NCC(F)(F)F. The second kappa shape index (κ2) is 10.5. The van der Waals surface area contributed by atoms with Crippen LogP contribution >= 0.6 is 0 Å². The van der Waals surface area contributed by atoms with E-state index in [4.69, 9.17) is 0 Å². The van der Waals surface area contributed by atoms with E-state index in [0.717, 1.165) is 24.3 Å². The number of nitrogens with one attached hydrogen (secondary N) is 2. The number of carbonyl (C=O) groups is 4. The normalized spacial score (nSPS) is 11.4. The van der Waals surface area contributed by atoms with Crippen molar-refractivity contribution < 1.29 is 55.0 Å². The van der Waals surface area contributed by atoms with Crippen molar-refractivity contribution in [3.8, 4) is 0 Å². The Hall–Kier alpha value is -3.32. The third-order valence-electron chi connectivity index (χ3n) is 3.00. The van der Waals surface area contributed by atoms with Crippen LogP contribution in [0.5, 0.6) is 0 Å². The molecular formula is C16H14F6N2O6. The first kappa shape index (κ1) is 24.7. The second-order valence-electron chi connectivity index (χ2n) is 5.51. The fourth-order valence-electron chi connectivity index (χ4n) is 1.67. The molecule has 0 saturated heterocycles. The van der Waals surface area contributed by atoms with Crippen LogP contribution in [0, 0.1) is 0 Å². The minimum atomic E-state index is -4.62. The molecule has 0 unspecified atom stereocenters. The summed E-state index contributed by atoms with van der Waals surface area (Å²) in [5.41, 5.74) is -0.309. The molecule has 0 heterocycles. The molecule has 2 N–H and O–H groups in total. The van der Waals surface area contributed by atoms with Crippen molar-refractivity contribution in [3.05, 3.63) is 35.4 Å². The maximum Gasteiger partial charge on any atom is 0.405 e. The number of amides is 2. The Morgan fingerprint density at radius 2 is 0.967 bits per heavy atom. The average molecular weight is 444 g/mol. The maximum atomic E-state index is 11.9. The predicted octanol–water partition coefficient (Wildman–Crippen LogP) is 1.36. The molecule has 0 spiro atoms. The first-order valence-corrected chi connectivity index (χ1v) is 7.88. The molecule has 0 radical (unpaired) electrons. The van der Waals surface area contributed by atoms with Crippen LogP contribution in [0.3, 0.4) is 0 Å². The number of rotatable bonds is 8. The van der Waals surface area contributed by atoms with E-state index in [2.05, 4.69) is 9.47 Å². The highest BCUT2D eigenvalue weighted by atomic mass is 19.4. The lowest BCUT2D eigenvalue weighted by atomic mass is 10.1. The van der Waals surface area contributed by atoms with Gasteiger partial charge in [0, 0.05) is 0 Å². The summed E-state index contributed by atoms with van der Waals surface area (Å²) in [4.78, 5) is 45.7. The Morgan fingerprint density at radius 3 is 1.23 bits per heavy atom. The Labute approximate surface area is 164 Å². The molecule has 1 rings (SSSR count). The van der Waals surface area contributed by atoms with Gasteiger partial charge in [-0.15, -0.1) is 0 Å². The van der Waals surface area contributed by atoms with Crippen molar-refractivity contribution in [1.29, 1.82) is 0 Å². The molecule has 0 fully saturated rings. The molecule has 8 nitrogen and oxygen atoms in total. The van der Waals surface area contributed by atoms with E-state index in [1.165, 1.54) is 10.6 Å². The zero-order valence-electron chi connectivity index (χ0n) is 14.9. The number of alkyl halides is 6. The van der Waals surface area contributed by atoms with Crippen molar-refractivity contribution in [3.63, 3.8) is 0 Å². The molecule has 0 bridgehead atoms. The molecule has 1 aromatic rings. The van der Waals surface area contributed by atoms with Gasteiger partial charge in [-0.2, -0.15) is 26.3 Å². The highest BCUT2D eigenvalue weighted by molar-refractivity contribution is 5.94. The van der Waals surface area contributed by atoms with E-state index in [9.17, 15) is 45.5 Å². The molecule has 166 valence electrons. The third kappa shape index (κ3) is 10.3. The van der Waals surface area contributed by atoms with Gasteiger partial charge in [0.1, 0.15) is 13.1 Å². The zero-order valence-corrected chi connectivity index (χ0v) is 14.9. The fraction of sp³-hybridized carbons (Fsp3) is 0.375. The fourth-order valence-corrected chi connectivity index (χ4v) is 1.67. The van der Waals surface area contributed by atoms with Gasteiger partial charge in [-0.3, -0.25) is 9.59 Å². The summed E-state index contributed by atoms with van der Waals surface area (Å²) in [5.74, 6) is -4.48. The van der Waals surface area contributed by atoms with Gasteiger partial charge in [-0.05, 0) is 24.3 Å². The molecule has 0 aliphatic carbocycles. The molecule has 14 heteroatoms. The Balaban J connectivity index is 2.46. The number of ether oxygens (including phenoxy) is 2. The van der Waals surface area contributed by atoms with E-state index in [0.29, 0.717) is 0 Å². The summed E-state index contributed by atoms with van der Waals surface area (Å²) in [6.45, 7) is -5.11. The van der Waals surface area contributed by atoms with E-state index in [-0.39, 0.29) is 11.1 Å². The standard InChI is InChI=1S/C16H14F6N2O6/c17-15(18,19)7-23-11(25)5-29-13(27)9-1-2-10(4-3-9)14(28)30-6-12(26)24-8-16(20,21)22/h1-4H,5-8H2,(H,23,25)(H,24,26). The van der Waals surface area contributed by atoms with Crippen LogP contribution in [0.15, 0.2) is 24.3 Å². The number of esters is 2. The Kier molecular flexibility index (Phi) is 8.61. The molecule has 2 amide bonds. The van der Waals surface area contributed by atoms with Gasteiger partial charge in [0.2, 0.25) is 0 Å². The quantitative estimate of drug-likeness (QED) is 0.463. The first-order chi connectivity index (χ1) is 13.8. The van der Waals surface area contributed by atoms with E-state index < -0.39 is 62.4 Å². The van der Waals surface area contributed by atoms with Crippen molar-refractivity contribution in [2.75, 3.05) is 26.3 Å². The summed E-state index contributed by atoms with van der Waals surface area (Å²) in [7, 11) is 0. The largest absolute Gasteiger partial charge is 0.452 e. The smallest absolute Gasteiger partial charge is 0.405 e. The van der Waals surface area contributed by atoms with Gasteiger partial charge in [-0.25, -0.2) is 9.59 Å². The number of carbonyl (C=O) groups excluding carboxylic acids is 4. The van der Waals surface area contributed by atoms with Crippen molar-refractivity contribution in [2.24, 2.45) is 0 Å². The van der Waals surface area contributed by atoms with Crippen molar-refractivity contribution in [2.45, 2.75) is 12.4 Å². The number of hydrogen-bond donors (Lipinski definition) is 2. The van der Waals surface area contributed by atoms with Crippen LogP contribution in [-0.2, 0) is 19.1 Å². The summed E-state index contributed by atoms with van der Waals surface area (Å²) in [6, 6.07) is 4.26. The predicted molar refractivity (Wildman–Crippen MR) is 85.1 cm³/mol. The van der Waals surface area contributed by atoms with Crippen LogP contribution in [0.1, 0.15) is 20.7 Å². The van der Waals surface area contributed by atoms with Crippen LogP contribution in [0.2, 0.25) is 0 Å². The number of hydrogen-bond acceptors (Lipinski definition) is 6. The van der Waals surface area contributed by atoms with E-state index >= 15 is 0 Å². The van der Waals surface area contributed by atoms with Gasteiger partial charge in [0.15, 0.2) is 13.2 Å². The van der Waals surface area contributed by atoms with Crippen LogP contribution < -0.4 is 10.6 Å². The van der Waals surface area contributed by atoms with Gasteiger partial charge in [-0.1, -0.05) is 0 Å². The van der Waals surface area contributed by atoms with Crippen molar-refractivity contribution >= 4 is 23.8 Å². The molecule has 0 atom stereocenters. The lowest BCUT2D eigenvalue weighted by Gasteiger charge is -2.09. The third-order valence-corrected chi connectivity index (χ3v) is 3.00. The maximum absolute atomic E-state index is 11.9. The Morgan fingerprint density at radius 1 is 0.667 bits per heavy atom. The summed E-state index contributed by atoms with van der Waals surface area (Å²) >= 11 is 0. The summed E-state index contributed by atoms with van der Waals surface area (Å²) in [6.07, 6.45) is -9.24. The van der Waals surface area contributed by atoms with Crippen LogP contribution in [0.25, 0.3) is 0 Å². The lowest BCUT2D eigenvalue weighted by Crippen LogP contribution is -2.36. The van der Waals surface area contributed by atoms with E-state index in [1.807, 2.05) is 0 Å². The van der Waals surface area contributed by atoms with Crippen LogP contribution in [-0.4, -0.2) is 62.4 Å². The molecule has 0 aliphatic heterocycles. The molecule has 0 aliphatic rings. The van der Waals surface area contributed by atoms with Gasteiger partial charge < -0.3 is 20.1 Å². The zero-order chi connectivity index (χ0) is 22.9. The highest BCUT2D eigenvalue weighted by Gasteiger charge is 2.28. The summed E-state index contributed by atoms with van der Waals surface area (Å²) < 4.78 is 80.7. The number of halogens is 6. The van der Waals surface area contributed by atoms with E-state index in [1.54, 1.807) is 0 Å². The topological polar surface area (TPSA) is 111 Å². The lowest BCUT2D eigenvalue weighted by molar-refractivity contribution is -0.140. The molecule has 30 heavy (non-hydrogen) atoms. The average Bonchev–Trinajstić information content (AvgIpc) is 2.66. The second-order valence-corrected chi connectivity index (χ2v) is 5.51. The summed E-state index contributed by atoms with van der Waals surface area (Å²) in [5, 5.41) is 2.99. The van der Waals surface area contributed by atoms with Crippen molar-refractivity contribution in [1.82, 2.24) is 10.6 Å². The molecule has 1 aromatic carbocycles. The Bertz CT molecular complexity index is 711. The highest BCUT2D eigenvalue weighted by Crippen LogP contribution is 2.13. The minimum Gasteiger partial charge on any atom is -0.452 e. The number of benzene rings is 1. The van der Waals surface area contributed by atoms with Crippen LogP contribution in [0.4, 0.5) is 26.3 Å². The van der Waals surface area contributed by atoms with Gasteiger partial charge in [0.25, 0.3) is 11.8 Å². The molecule has 0 saturated carbocycles. The van der Waals surface area contributed by atoms with Gasteiger partial charge >= 0.3 is 24.3 Å². The molecular weight excluding hydrogens is 430 g/mol. The minimum absolute atomic E-state index is 0.155.